The van der Waals surface area contributed by atoms with E-state index in [0.717, 1.165) is 52.2 Å². The van der Waals surface area contributed by atoms with E-state index in [-0.39, 0.29) is 5.91 Å². The Labute approximate surface area is 139 Å². The monoisotopic (exact) mass is 316 g/mol. The fourth-order valence-electron chi connectivity index (χ4n) is 3.98. The third-order valence-electron chi connectivity index (χ3n) is 5.25. The molecule has 1 aromatic rings. The van der Waals surface area contributed by atoms with Crippen LogP contribution in [-0.2, 0) is 11.3 Å². The van der Waals surface area contributed by atoms with E-state index < -0.39 is 0 Å². The van der Waals surface area contributed by atoms with E-state index in [2.05, 4.69) is 33.8 Å². The summed E-state index contributed by atoms with van der Waals surface area (Å²) >= 11 is 0. The van der Waals surface area contributed by atoms with E-state index in [9.17, 15) is 4.79 Å². The van der Waals surface area contributed by atoms with Gasteiger partial charge in [-0.1, -0.05) is 6.92 Å². The lowest BCUT2D eigenvalue weighted by Gasteiger charge is -2.30. The van der Waals surface area contributed by atoms with Gasteiger partial charge in [0.25, 0.3) is 0 Å². The second kappa shape index (κ2) is 7.41. The molecule has 3 heterocycles. The van der Waals surface area contributed by atoms with Crippen molar-refractivity contribution in [3.63, 3.8) is 0 Å². The zero-order valence-corrected chi connectivity index (χ0v) is 14.3. The van der Waals surface area contributed by atoms with Gasteiger partial charge in [-0.15, -0.1) is 0 Å². The number of hydrogen-bond acceptors (Lipinski definition) is 4. The minimum absolute atomic E-state index is 0.214. The van der Waals surface area contributed by atoms with Gasteiger partial charge < -0.3 is 4.90 Å². The maximum absolute atomic E-state index is 11.6. The molecule has 0 spiro atoms. The minimum atomic E-state index is 0.214. The maximum Gasteiger partial charge on any atom is 0.219 e. The van der Waals surface area contributed by atoms with Crippen LogP contribution < -0.4 is 0 Å². The molecule has 5 nitrogen and oxygen atoms in total. The van der Waals surface area contributed by atoms with Crippen LogP contribution in [0.1, 0.15) is 25.8 Å². The fourth-order valence-corrected chi connectivity index (χ4v) is 3.98. The van der Waals surface area contributed by atoms with Crippen LogP contribution in [0.15, 0.2) is 24.5 Å². The summed E-state index contributed by atoms with van der Waals surface area (Å²) in [6, 6.07) is 4.83. The van der Waals surface area contributed by atoms with Crippen molar-refractivity contribution in [2.24, 2.45) is 5.92 Å². The topological polar surface area (TPSA) is 39.7 Å². The maximum atomic E-state index is 11.6. The van der Waals surface area contributed by atoms with Crippen LogP contribution in [0, 0.1) is 5.92 Å². The van der Waals surface area contributed by atoms with Crippen molar-refractivity contribution < 1.29 is 4.79 Å². The van der Waals surface area contributed by atoms with Crippen molar-refractivity contribution in [1.82, 2.24) is 19.7 Å². The predicted octanol–water partition coefficient (Wildman–Crippen LogP) is 1.46. The number of aromatic nitrogens is 1. The van der Waals surface area contributed by atoms with Crippen LogP contribution in [0.2, 0.25) is 0 Å². The van der Waals surface area contributed by atoms with Gasteiger partial charge in [0.05, 0.1) is 0 Å². The highest BCUT2D eigenvalue weighted by molar-refractivity contribution is 5.73. The summed E-state index contributed by atoms with van der Waals surface area (Å²) in [6.45, 7) is 11.3. The highest BCUT2D eigenvalue weighted by Gasteiger charge is 2.34. The summed E-state index contributed by atoms with van der Waals surface area (Å²) < 4.78 is 0. The molecule has 0 aliphatic carbocycles. The molecule has 3 rings (SSSR count). The van der Waals surface area contributed by atoms with E-state index in [1.54, 1.807) is 6.92 Å². The van der Waals surface area contributed by atoms with E-state index in [1.807, 2.05) is 17.3 Å². The van der Waals surface area contributed by atoms with E-state index in [1.165, 1.54) is 5.56 Å². The SMILES string of the molecule is CC(=O)N1CCCN([C@@H]2CN(Cc3ccncc3)C[C@H]2C)CC1. The van der Waals surface area contributed by atoms with Gasteiger partial charge in [-0.3, -0.25) is 19.6 Å². The highest BCUT2D eigenvalue weighted by atomic mass is 16.2. The summed E-state index contributed by atoms with van der Waals surface area (Å²) in [4.78, 5) is 22.8. The van der Waals surface area contributed by atoms with Crippen molar-refractivity contribution in [3.05, 3.63) is 30.1 Å². The molecule has 5 heteroatoms. The third-order valence-corrected chi connectivity index (χ3v) is 5.25. The molecule has 2 aliphatic heterocycles. The van der Waals surface area contributed by atoms with Gasteiger partial charge in [0.1, 0.15) is 0 Å². The number of carbonyl (C=O) groups is 1. The lowest BCUT2D eigenvalue weighted by molar-refractivity contribution is -0.128. The quantitative estimate of drug-likeness (QED) is 0.846. The minimum Gasteiger partial charge on any atom is -0.342 e. The Morgan fingerprint density at radius 1 is 1.17 bits per heavy atom. The van der Waals surface area contributed by atoms with Gasteiger partial charge in [0, 0.05) is 71.2 Å². The second-order valence-electron chi connectivity index (χ2n) is 6.99. The van der Waals surface area contributed by atoms with E-state index >= 15 is 0 Å². The number of pyridine rings is 1. The van der Waals surface area contributed by atoms with Crippen molar-refractivity contribution in [1.29, 1.82) is 0 Å². The molecule has 2 atom stereocenters. The third kappa shape index (κ3) is 4.09. The lowest BCUT2D eigenvalue weighted by atomic mass is 10.0. The summed E-state index contributed by atoms with van der Waals surface area (Å²) in [6.07, 6.45) is 4.84. The Kier molecular flexibility index (Phi) is 5.28. The Morgan fingerprint density at radius 2 is 1.96 bits per heavy atom. The number of amides is 1. The lowest BCUT2D eigenvalue weighted by Crippen LogP contribution is -2.42. The first-order valence-corrected chi connectivity index (χ1v) is 8.74. The van der Waals surface area contributed by atoms with Crippen molar-refractivity contribution in [2.75, 3.05) is 39.3 Å². The normalized spacial score (nSPS) is 27.1. The van der Waals surface area contributed by atoms with Crippen LogP contribution in [0.3, 0.4) is 0 Å². The van der Waals surface area contributed by atoms with Crippen LogP contribution >= 0.6 is 0 Å². The van der Waals surface area contributed by atoms with Gasteiger partial charge in [-0.2, -0.15) is 0 Å². The highest BCUT2D eigenvalue weighted by Crippen LogP contribution is 2.24. The smallest absolute Gasteiger partial charge is 0.219 e. The van der Waals surface area contributed by atoms with Crippen LogP contribution in [0.5, 0.6) is 0 Å². The number of nitrogens with zero attached hydrogens (tertiary/aromatic N) is 4. The molecule has 0 unspecified atom stereocenters. The first-order valence-electron chi connectivity index (χ1n) is 8.74. The molecule has 0 N–H and O–H groups in total. The summed E-state index contributed by atoms with van der Waals surface area (Å²) in [7, 11) is 0. The van der Waals surface area contributed by atoms with Crippen LogP contribution in [0.25, 0.3) is 0 Å². The standard InChI is InChI=1S/C18H28N4O/c1-15-12-20(13-17-4-6-19-7-5-17)14-18(15)22-9-3-8-21(10-11-22)16(2)23/h4-7,15,18H,3,8-14H2,1-2H3/t15-,18-/m1/s1. The zero-order valence-electron chi connectivity index (χ0n) is 14.3. The number of rotatable bonds is 3. The molecule has 2 fully saturated rings. The van der Waals surface area contributed by atoms with E-state index in [4.69, 9.17) is 0 Å². The van der Waals surface area contributed by atoms with E-state index in [0.29, 0.717) is 12.0 Å². The van der Waals surface area contributed by atoms with Gasteiger partial charge in [-0.25, -0.2) is 0 Å². The van der Waals surface area contributed by atoms with Crippen LogP contribution in [-0.4, -0.2) is 70.9 Å². The van der Waals surface area contributed by atoms with Crippen molar-refractivity contribution in [2.45, 2.75) is 32.9 Å². The Bertz CT molecular complexity index is 521. The Hall–Kier alpha value is -1.46. The molecule has 0 radical (unpaired) electrons. The van der Waals surface area contributed by atoms with Gasteiger partial charge in [0.15, 0.2) is 0 Å². The van der Waals surface area contributed by atoms with Gasteiger partial charge >= 0.3 is 0 Å². The van der Waals surface area contributed by atoms with Gasteiger partial charge in [0.2, 0.25) is 5.91 Å². The summed E-state index contributed by atoms with van der Waals surface area (Å²) in [5.74, 6) is 0.895. The Morgan fingerprint density at radius 3 is 2.70 bits per heavy atom. The van der Waals surface area contributed by atoms with Gasteiger partial charge in [-0.05, 0) is 30.0 Å². The predicted molar refractivity (Wildman–Crippen MR) is 90.9 cm³/mol. The molecule has 2 aliphatic rings. The molecule has 0 saturated carbocycles. The Balaban J connectivity index is 1.57. The molecule has 126 valence electrons. The number of likely N-dealkylation sites (tertiary alicyclic amines) is 1. The number of hydrogen-bond donors (Lipinski definition) is 0. The molecular formula is C18H28N4O. The second-order valence-corrected chi connectivity index (χ2v) is 6.99. The number of carbonyl (C=O) groups excluding carboxylic acids is 1. The zero-order chi connectivity index (χ0) is 16.2. The molecule has 0 bridgehead atoms. The summed E-state index contributed by atoms with van der Waals surface area (Å²) in [5.41, 5.74) is 1.34. The van der Waals surface area contributed by atoms with Crippen molar-refractivity contribution >= 4 is 5.91 Å². The molecule has 2 saturated heterocycles. The first-order chi connectivity index (χ1) is 11.1. The van der Waals surface area contributed by atoms with Crippen LogP contribution in [0.4, 0.5) is 0 Å². The molecule has 0 aromatic carbocycles. The average Bonchev–Trinajstić information content (AvgIpc) is 2.75. The molecule has 1 amide bonds. The molecular weight excluding hydrogens is 288 g/mol. The molecule has 1 aromatic heterocycles. The first kappa shape index (κ1) is 16.4. The molecule has 23 heavy (non-hydrogen) atoms. The van der Waals surface area contributed by atoms with Crippen molar-refractivity contribution in [3.8, 4) is 0 Å². The largest absolute Gasteiger partial charge is 0.342 e. The average molecular weight is 316 g/mol. The fraction of sp³-hybridized carbons (Fsp3) is 0.667. The summed E-state index contributed by atoms with van der Waals surface area (Å²) in [5, 5.41) is 0.